The van der Waals surface area contributed by atoms with Crippen LogP contribution in [0.4, 0.5) is 0 Å². The van der Waals surface area contributed by atoms with E-state index in [1.807, 2.05) is 34.5 Å². The normalized spacial score (nSPS) is 18.3. The maximum atomic E-state index is 12.6. The number of amides is 1. The number of hydrogen-bond donors (Lipinski definition) is 0. The van der Waals surface area contributed by atoms with Gasteiger partial charge in [0.1, 0.15) is 5.76 Å². The fraction of sp³-hybridized carbons (Fsp3) is 0.400. The highest BCUT2D eigenvalue weighted by Gasteiger charge is 2.24. The van der Waals surface area contributed by atoms with Crippen molar-refractivity contribution in [3.05, 3.63) is 46.5 Å². The fourth-order valence-corrected chi connectivity index (χ4v) is 3.09. The molecule has 1 aliphatic rings. The summed E-state index contributed by atoms with van der Waals surface area (Å²) in [6, 6.07) is 7.49. The maximum Gasteiger partial charge on any atom is 0.264 e. The predicted molar refractivity (Wildman–Crippen MR) is 76.7 cm³/mol. The lowest BCUT2D eigenvalue weighted by atomic mass is 10.2. The zero-order chi connectivity index (χ0) is 13.8. The van der Waals surface area contributed by atoms with Gasteiger partial charge in [-0.3, -0.25) is 4.79 Å². The standard InChI is InChI=1S/C15H17NO3S/c17-15(14-6-3-9-20-14)16(10-12-4-1-7-18-12)11-13-5-2-8-19-13/h1,3-4,6-7,9,13H,2,5,8,10-11H2. The molecule has 0 bridgehead atoms. The molecule has 1 unspecified atom stereocenters. The highest BCUT2D eigenvalue weighted by molar-refractivity contribution is 7.12. The Morgan fingerprint density at radius 2 is 2.35 bits per heavy atom. The van der Waals surface area contributed by atoms with Gasteiger partial charge in [0, 0.05) is 13.2 Å². The zero-order valence-corrected chi connectivity index (χ0v) is 12.0. The van der Waals surface area contributed by atoms with Gasteiger partial charge in [-0.2, -0.15) is 0 Å². The third-order valence-electron chi connectivity index (χ3n) is 3.39. The van der Waals surface area contributed by atoms with Crippen molar-refractivity contribution in [3.63, 3.8) is 0 Å². The molecule has 5 heteroatoms. The van der Waals surface area contributed by atoms with Crippen molar-refractivity contribution in [1.29, 1.82) is 0 Å². The van der Waals surface area contributed by atoms with Crippen LogP contribution >= 0.6 is 11.3 Å². The Balaban J connectivity index is 1.73. The molecule has 0 radical (unpaired) electrons. The molecule has 1 atom stereocenters. The van der Waals surface area contributed by atoms with Gasteiger partial charge in [-0.1, -0.05) is 6.07 Å². The van der Waals surface area contributed by atoms with E-state index in [9.17, 15) is 4.79 Å². The molecule has 0 aromatic carbocycles. The van der Waals surface area contributed by atoms with Gasteiger partial charge >= 0.3 is 0 Å². The summed E-state index contributed by atoms with van der Waals surface area (Å²) < 4.78 is 11.0. The Morgan fingerprint density at radius 3 is 3.00 bits per heavy atom. The minimum atomic E-state index is 0.0481. The average Bonchev–Trinajstić information content (AvgIpc) is 3.20. The molecule has 106 valence electrons. The number of rotatable bonds is 5. The molecule has 0 spiro atoms. The second-order valence-corrected chi connectivity index (χ2v) is 5.83. The molecule has 1 amide bonds. The zero-order valence-electron chi connectivity index (χ0n) is 11.2. The van der Waals surface area contributed by atoms with E-state index in [0.717, 1.165) is 30.1 Å². The molecule has 0 aliphatic carbocycles. The quantitative estimate of drug-likeness (QED) is 0.850. The molecule has 20 heavy (non-hydrogen) atoms. The first-order chi connectivity index (χ1) is 9.83. The monoisotopic (exact) mass is 291 g/mol. The first-order valence-electron chi connectivity index (χ1n) is 6.79. The van der Waals surface area contributed by atoms with Crippen LogP contribution in [0.1, 0.15) is 28.3 Å². The Kier molecular flexibility index (Phi) is 4.18. The third kappa shape index (κ3) is 3.11. The Bertz CT molecular complexity index is 529. The van der Waals surface area contributed by atoms with Crippen molar-refractivity contribution >= 4 is 17.2 Å². The molecule has 3 rings (SSSR count). The van der Waals surface area contributed by atoms with Gasteiger partial charge < -0.3 is 14.1 Å². The van der Waals surface area contributed by atoms with Gasteiger partial charge in [0.05, 0.1) is 23.8 Å². The minimum absolute atomic E-state index is 0.0481. The first kappa shape index (κ1) is 13.4. The molecule has 0 saturated carbocycles. The van der Waals surface area contributed by atoms with Crippen molar-refractivity contribution in [3.8, 4) is 0 Å². The summed E-state index contributed by atoms with van der Waals surface area (Å²) in [5.74, 6) is 0.847. The fourth-order valence-electron chi connectivity index (χ4n) is 2.40. The molecule has 2 aromatic rings. The van der Waals surface area contributed by atoms with Crippen molar-refractivity contribution in [2.45, 2.75) is 25.5 Å². The van der Waals surface area contributed by atoms with Crippen LogP contribution in [0.3, 0.4) is 0 Å². The van der Waals surface area contributed by atoms with Crippen molar-refractivity contribution < 1.29 is 13.9 Å². The van der Waals surface area contributed by atoms with E-state index in [2.05, 4.69) is 0 Å². The first-order valence-corrected chi connectivity index (χ1v) is 7.67. The molecule has 3 heterocycles. The second kappa shape index (κ2) is 6.24. The Labute approximate surface area is 122 Å². The average molecular weight is 291 g/mol. The van der Waals surface area contributed by atoms with Crippen LogP contribution in [-0.4, -0.2) is 30.1 Å². The predicted octanol–water partition coefficient (Wildman–Crippen LogP) is 3.16. The molecule has 0 N–H and O–H groups in total. The number of furan rings is 1. The smallest absolute Gasteiger partial charge is 0.264 e. The lowest BCUT2D eigenvalue weighted by molar-refractivity contribution is 0.0495. The largest absolute Gasteiger partial charge is 0.467 e. The summed E-state index contributed by atoms with van der Waals surface area (Å²) in [6.45, 7) is 1.91. The third-order valence-corrected chi connectivity index (χ3v) is 4.25. The minimum Gasteiger partial charge on any atom is -0.467 e. The highest BCUT2D eigenvalue weighted by Crippen LogP contribution is 2.19. The van der Waals surface area contributed by atoms with Gasteiger partial charge in [0.25, 0.3) is 5.91 Å². The van der Waals surface area contributed by atoms with Gasteiger partial charge in [-0.15, -0.1) is 11.3 Å². The number of ether oxygens (including phenoxy) is 1. The SMILES string of the molecule is O=C(c1cccs1)N(Cc1ccco1)CC1CCCO1. The lowest BCUT2D eigenvalue weighted by Gasteiger charge is -2.24. The Hall–Kier alpha value is -1.59. The topological polar surface area (TPSA) is 42.7 Å². The van der Waals surface area contributed by atoms with Crippen LogP contribution in [0.5, 0.6) is 0 Å². The lowest BCUT2D eigenvalue weighted by Crippen LogP contribution is -2.36. The molecule has 1 aliphatic heterocycles. The van der Waals surface area contributed by atoms with Gasteiger partial charge in [0.15, 0.2) is 0 Å². The van der Waals surface area contributed by atoms with Crippen LogP contribution in [0, 0.1) is 0 Å². The van der Waals surface area contributed by atoms with E-state index >= 15 is 0 Å². The molecule has 2 aromatic heterocycles. The van der Waals surface area contributed by atoms with Crippen LogP contribution in [0.15, 0.2) is 40.3 Å². The van der Waals surface area contributed by atoms with Crippen LogP contribution in [0.2, 0.25) is 0 Å². The summed E-state index contributed by atoms with van der Waals surface area (Å²) in [7, 11) is 0. The van der Waals surface area contributed by atoms with Crippen molar-refractivity contribution in [2.24, 2.45) is 0 Å². The van der Waals surface area contributed by atoms with E-state index in [1.54, 1.807) is 6.26 Å². The molecular weight excluding hydrogens is 274 g/mol. The van der Waals surface area contributed by atoms with E-state index in [0.29, 0.717) is 13.1 Å². The van der Waals surface area contributed by atoms with E-state index in [-0.39, 0.29) is 12.0 Å². The van der Waals surface area contributed by atoms with E-state index in [4.69, 9.17) is 9.15 Å². The maximum absolute atomic E-state index is 12.6. The summed E-state index contributed by atoms with van der Waals surface area (Å²) in [5.41, 5.74) is 0. The summed E-state index contributed by atoms with van der Waals surface area (Å²) >= 11 is 1.47. The number of carbonyl (C=O) groups is 1. The van der Waals surface area contributed by atoms with Crippen LogP contribution < -0.4 is 0 Å². The molecule has 1 saturated heterocycles. The molecular formula is C15H17NO3S. The van der Waals surface area contributed by atoms with Gasteiger partial charge in [0.2, 0.25) is 0 Å². The number of carbonyl (C=O) groups excluding carboxylic acids is 1. The molecule has 4 nitrogen and oxygen atoms in total. The molecule has 1 fully saturated rings. The number of thiophene rings is 1. The van der Waals surface area contributed by atoms with Gasteiger partial charge in [-0.05, 0) is 36.4 Å². The van der Waals surface area contributed by atoms with Crippen LogP contribution in [-0.2, 0) is 11.3 Å². The van der Waals surface area contributed by atoms with Crippen LogP contribution in [0.25, 0.3) is 0 Å². The second-order valence-electron chi connectivity index (χ2n) is 4.88. The Morgan fingerprint density at radius 1 is 1.40 bits per heavy atom. The number of nitrogens with zero attached hydrogens (tertiary/aromatic N) is 1. The summed E-state index contributed by atoms with van der Waals surface area (Å²) in [5, 5.41) is 1.92. The van der Waals surface area contributed by atoms with Gasteiger partial charge in [-0.25, -0.2) is 0 Å². The summed E-state index contributed by atoms with van der Waals surface area (Å²) in [6.07, 6.45) is 3.88. The highest BCUT2D eigenvalue weighted by atomic mass is 32.1. The van der Waals surface area contributed by atoms with E-state index < -0.39 is 0 Å². The number of hydrogen-bond acceptors (Lipinski definition) is 4. The van der Waals surface area contributed by atoms with Crippen molar-refractivity contribution in [2.75, 3.05) is 13.2 Å². The van der Waals surface area contributed by atoms with Crippen molar-refractivity contribution in [1.82, 2.24) is 4.90 Å². The summed E-state index contributed by atoms with van der Waals surface area (Å²) in [4.78, 5) is 15.1. The van der Waals surface area contributed by atoms with E-state index in [1.165, 1.54) is 11.3 Å².